The predicted octanol–water partition coefficient (Wildman–Crippen LogP) is 3.08. The molecule has 1 N–H and O–H groups in total. The molecule has 0 aromatic carbocycles. The number of hydrogen-bond donors (Lipinski definition) is 1. The number of nitro groups is 1. The third-order valence-electron chi connectivity index (χ3n) is 3.37. The molecule has 0 radical (unpaired) electrons. The number of fused-ring (bicyclic) bond motifs is 1. The molecule has 0 aliphatic heterocycles. The zero-order chi connectivity index (χ0) is 15.7. The number of thiazole rings is 1. The third kappa shape index (κ3) is 2.70. The zero-order valence-electron chi connectivity index (χ0n) is 12.1. The standard InChI is InChI=1S/C13H15N5O2S2/c1-16(2)9(10-4-3-6-21-10)8-14-11-12(18(19)20)17-5-7-22-13(17)15-11/h3-7,9,14H,8H2,1-2H3. The van der Waals surface area contributed by atoms with Crippen molar-refractivity contribution in [3.63, 3.8) is 0 Å². The zero-order valence-corrected chi connectivity index (χ0v) is 13.7. The molecule has 0 aliphatic rings. The maximum absolute atomic E-state index is 11.3. The van der Waals surface area contributed by atoms with Gasteiger partial charge in [0.1, 0.15) is 6.20 Å². The number of imidazole rings is 1. The van der Waals surface area contributed by atoms with Crippen molar-refractivity contribution in [2.45, 2.75) is 6.04 Å². The first kappa shape index (κ1) is 14.9. The Morgan fingerprint density at radius 2 is 2.27 bits per heavy atom. The second kappa shape index (κ2) is 6.03. The summed E-state index contributed by atoms with van der Waals surface area (Å²) in [6.45, 7) is 0.555. The number of anilines is 1. The van der Waals surface area contributed by atoms with Gasteiger partial charge in [-0.05, 0) is 30.5 Å². The van der Waals surface area contributed by atoms with Crippen LogP contribution in [0.5, 0.6) is 0 Å². The molecule has 0 amide bonds. The fourth-order valence-electron chi connectivity index (χ4n) is 2.28. The van der Waals surface area contributed by atoms with Gasteiger partial charge in [-0.2, -0.15) is 9.38 Å². The maximum Gasteiger partial charge on any atom is 0.372 e. The van der Waals surface area contributed by atoms with Crippen LogP contribution >= 0.6 is 22.7 Å². The topological polar surface area (TPSA) is 75.7 Å². The number of hydrogen-bond acceptors (Lipinski definition) is 7. The van der Waals surface area contributed by atoms with Crippen molar-refractivity contribution >= 4 is 39.3 Å². The molecule has 3 aromatic heterocycles. The van der Waals surface area contributed by atoms with E-state index in [1.807, 2.05) is 25.5 Å². The molecule has 0 saturated carbocycles. The van der Waals surface area contributed by atoms with Gasteiger partial charge >= 0.3 is 5.82 Å². The molecule has 1 atom stereocenters. The van der Waals surface area contributed by atoms with Gasteiger partial charge in [-0.1, -0.05) is 17.4 Å². The average molecular weight is 337 g/mol. The summed E-state index contributed by atoms with van der Waals surface area (Å²) < 4.78 is 1.50. The van der Waals surface area contributed by atoms with Crippen LogP contribution in [0.1, 0.15) is 10.9 Å². The van der Waals surface area contributed by atoms with Gasteiger partial charge < -0.3 is 20.3 Å². The highest BCUT2D eigenvalue weighted by molar-refractivity contribution is 7.15. The Morgan fingerprint density at radius 1 is 1.45 bits per heavy atom. The number of thiophene rings is 1. The summed E-state index contributed by atoms with van der Waals surface area (Å²) in [5.74, 6) is 0.306. The molecule has 0 aliphatic carbocycles. The first-order valence-electron chi connectivity index (χ1n) is 6.61. The molecule has 0 spiro atoms. The van der Waals surface area contributed by atoms with Crippen LogP contribution in [0, 0.1) is 10.1 Å². The van der Waals surface area contributed by atoms with Crippen LogP contribution in [-0.4, -0.2) is 39.8 Å². The minimum atomic E-state index is -0.398. The highest BCUT2D eigenvalue weighted by Gasteiger charge is 2.25. The third-order valence-corrected chi connectivity index (χ3v) is 5.10. The molecule has 1 unspecified atom stereocenters. The summed E-state index contributed by atoms with van der Waals surface area (Å²) in [7, 11) is 3.98. The first-order valence-corrected chi connectivity index (χ1v) is 8.37. The lowest BCUT2D eigenvalue weighted by Gasteiger charge is -2.23. The Morgan fingerprint density at radius 3 is 2.91 bits per heavy atom. The number of nitrogens with zero attached hydrogens (tertiary/aromatic N) is 4. The molecule has 0 bridgehead atoms. The quantitative estimate of drug-likeness (QED) is 0.552. The Balaban J connectivity index is 1.85. The van der Waals surface area contributed by atoms with Crippen molar-refractivity contribution in [3.8, 4) is 0 Å². The minimum absolute atomic E-state index is 0.0139. The molecule has 22 heavy (non-hydrogen) atoms. The molecular formula is C13H15N5O2S2. The van der Waals surface area contributed by atoms with Gasteiger partial charge in [-0.15, -0.1) is 11.3 Å². The van der Waals surface area contributed by atoms with Crippen LogP contribution in [0.15, 0.2) is 29.1 Å². The van der Waals surface area contributed by atoms with E-state index < -0.39 is 4.92 Å². The molecule has 3 rings (SSSR count). The SMILES string of the molecule is CN(C)C(CNc1nc2sccn2c1[N+](=O)[O-])c1cccs1. The molecule has 0 saturated heterocycles. The highest BCUT2D eigenvalue weighted by atomic mass is 32.1. The number of nitrogens with one attached hydrogen (secondary N) is 1. The molecule has 0 fully saturated rings. The van der Waals surface area contributed by atoms with E-state index in [-0.39, 0.29) is 11.9 Å². The van der Waals surface area contributed by atoms with Gasteiger partial charge in [0.15, 0.2) is 0 Å². The summed E-state index contributed by atoms with van der Waals surface area (Å²) >= 11 is 3.05. The Kier molecular flexibility index (Phi) is 4.10. The van der Waals surface area contributed by atoms with E-state index >= 15 is 0 Å². The summed E-state index contributed by atoms with van der Waals surface area (Å²) in [5.41, 5.74) is 0. The fraction of sp³-hybridized carbons (Fsp3) is 0.308. The van der Waals surface area contributed by atoms with E-state index in [0.29, 0.717) is 17.3 Å². The van der Waals surface area contributed by atoms with Crippen LogP contribution in [0.25, 0.3) is 4.96 Å². The van der Waals surface area contributed by atoms with Crippen molar-refractivity contribution in [1.29, 1.82) is 0 Å². The van der Waals surface area contributed by atoms with Crippen molar-refractivity contribution in [2.75, 3.05) is 26.0 Å². The van der Waals surface area contributed by atoms with Crippen molar-refractivity contribution in [3.05, 3.63) is 44.1 Å². The monoisotopic (exact) mass is 337 g/mol. The lowest BCUT2D eigenvalue weighted by atomic mass is 10.2. The summed E-state index contributed by atoms with van der Waals surface area (Å²) in [4.78, 5) is 19.1. The first-order chi connectivity index (χ1) is 10.6. The molecule has 3 aromatic rings. The molecule has 7 nitrogen and oxygen atoms in total. The second-order valence-electron chi connectivity index (χ2n) is 4.97. The van der Waals surface area contributed by atoms with E-state index in [0.717, 1.165) is 0 Å². The van der Waals surface area contributed by atoms with Crippen LogP contribution in [0.2, 0.25) is 0 Å². The number of aromatic nitrogens is 2. The largest absolute Gasteiger partial charge is 0.372 e. The van der Waals surface area contributed by atoms with Crippen LogP contribution < -0.4 is 5.32 Å². The molecule has 116 valence electrons. The molecule has 3 heterocycles. The smallest absolute Gasteiger partial charge is 0.361 e. The van der Waals surface area contributed by atoms with Crippen LogP contribution in [0.3, 0.4) is 0 Å². The second-order valence-corrected chi connectivity index (χ2v) is 6.82. The van der Waals surface area contributed by atoms with Crippen molar-refractivity contribution in [2.24, 2.45) is 0 Å². The van der Waals surface area contributed by atoms with E-state index in [2.05, 4.69) is 21.3 Å². The van der Waals surface area contributed by atoms with Crippen LogP contribution in [-0.2, 0) is 0 Å². The van der Waals surface area contributed by atoms with E-state index in [1.54, 1.807) is 22.9 Å². The highest BCUT2D eigenvalue weighted by Crippen LogP contribution is 2.29. The lowest BCUT2D eigenvalue weighted by Crippen LogP contribution is -2.26. The Bertz CT molecular complexity index is 778. The van der Waals surface area contributed by atoms with E-state index in [4.69, 9.17) is 0 Å². The Labute approximate surface area is 135 Å². The van der Waals surface area contributed by atoms with Crippen LogP contribution in [0.4, 0.5) is 11.6 Å². The summed E-state index contributed by atoms with van der Waals surface area (Å²) in [6.07, 6.45) is 1.67. The van der Waals surface area contributed by atoms with Crippen molar-refractivity contribution in [1.82, 2.24) is 14.3 Å². The minimum Gasteiger partial charge on any atom is -0.361 e. The summed E-state index contributed by atoms with van der Waals surface area (Å²) in [6, 6.07) is 4.21. The van der Waals surface area contributed by atoms with Gasteiger partial charge in [-0.3, -0.25) is 0 Å². The Hall–Kier alpha value is -1.97. The van der Waals surface area contributed by atoms with Gasteiger partial charge in [0.2, 0.25) is 5.82 Å². The van der Waals surface area contributed by atoms with Gasteiger partial charge in [0.25, 0.3) is 4.96 Å². The van der Waals surface area contributed by atoms with Crippen molar-refractivity contribution < 1.29 is 4.92 Å². The number of likely N-dealkylation sites (N-methyl/N-ethyl adjacent to an activating group) is 1. The number of rotatable bonds is 6. The molecule has 9 heteroatoms. The van der Waals surface area contributed by atoms with Gasteiger partial charge in [0.05, 0.1) is 6.04 Å². The van der Waals surface area contributed by atoms with E-state index in [9.17, 15) is 10.1 Å². The fourth-order valence-corrected chi connectivity index (χ4v) is 3.91. The average Bonchev–Trinajstić information content (AvgIpc) is 3.12. The lowest BCUT2D eigenvalue weighted by molar-refractivity contribution is -0.389. The van der Waals surface area contributed by atoms with E-state index in [1.165, 1.54) is 20.6 Å². The maximum atomic E-state index is 11.3. The molecular weight excluding hydrogens is 322 g/mol. The van der Waals surface area contributed by atoms with Gasteiger partial charge in [0, 0.05) is 16.8 Å². The normalized spacial score (nSPS) is 12.9. The summed E-state index contributed by atoms with van der Waals surface area (Å²) in [5, 5.41) is 18.3. The predicted molar refractivity (Wildman–Crippen MR) is 89.0 cm³/mol. The van der Waals surface area contributed by atoms with Gasteiger partial charge in [-0.25, -0.2) is 0 Å².